The molecule has 2 aromatic rings. The van der Waals surface area contributed by atoms with E-state index in [1.807, 2.05) is 18.2 Å². The van der Waals surface area contributed by atoms with Gasteiger partial charge in [0.25, 0.3) is 0 Å². The molecule has 0 bridgehead atoms. The van der Waals surface area contributed by atoms with Gasteiger partial charge in [-0.3, -0.25) is 0 Å². The van der Waals surface area contributed by atoms with Crippen molar-refractivity contribution in [1.29, 1.82) is 0 Å². The molecule has 0 heterocycles. The summed E-state index contributed by atoms with van der Waals surface area (Å²) in [6.45, 7) is 7.63. The van der Waals surface area contributed by atoms with Crippen LogP contribution in [-0.4, -0.2) is 5.54 Å². The van der Waals surface area contributed by atoms with Crippen molar-refractivity contribution < 1.29 is 9.13 Å². The molecule has 0 aromatic heterocycles. The van der Waals surface area contributed by atoms with Crippen LogP contribution in [0.2, 0.25) is 0 Å². The highest BCUT2D eigenvalue weighted by Gasteiger charge is 2.10. The molecule has 2 nitrogen and oxygen atoms in total. The van der Waals surface area contributed by atoms with E-state index in [2.05, 4.69) is 32.2 Å². The number of ether oxygens (including phenoxy) is 1. The summed E-state index contributed by atoms with van der Waals surface area (Å²) in [7, 11) is 0. The zero-order valence-corrected chi connectivity index (χ0v) is 12.8. The number of hydrogen-bond donors (Lipinski definition) is 1. The van der Waals surface area contributed by atoms with Crippen LogP contribution in [0.5, 0.6) is 5.75 Å². The second-order valence-electron chi connectivity index (χ2n) is 6.12. The minimum Gasteiger partial charge on any atom is -0.489 e. The lowest BCUT2D eigenvalue weighted by Crippen LogP contribution is -2.35. The SMILES string of the molecule is CC(C)(C)NCc1ccccc1COc1cccc(F)c1. The molecule has 0 aliphatic heterocycles. The third kappa shape index (κ3) is 5.20. The van der Waals surface area contributed by atoms with E-state index in [1.54, 1.807) is 12.1 Å². The Morgan fingerprint density at radius 1 is 1.00 bits per heavy atom. The monoisotopic (exact) mass is 287 g/mol. The minimum atomic E-state index is -0.282. The van der Waals surface area contributed by atoms with E-state index >= 15 is 0 Å². The molecule has 2 rings (SSSR count). The van der Waals surface area contributed by atoms with E-state index in [-0.39, 0.29) is 11.4 Å². The third-order valence-electron chi connectivity index (χ3n) is 3.12. The van der Waals surface area contributed by atoms with Gasteiger partial charge in [0, 0.05) is 18.2 Å². The molecular weight excluding hydrogens is 265 g/mol. The first kappa shape index (κ1) is 15.5. The van der Waals surface area contributed by atoms with Gasteiger partial charge in [0.05, 0.1) is 0 Å². The fourth-order valence-corrected chi connectivity index (χ4v) is 1.95. The van der Waals surface area contributed by atoms with Gasteiger partial charge in [-0.2, -0.15) is 0 Å². The van der Waals surface area contributed by atoms with E-state index in [9.17, 15) is 4.39 Å². The number of nitrogens with one attached hydrogen (secondary N) is 1. The molecule has 3 heteroatoms. The van der Waals surface area contributed by atoms with Crippen molar-refractivity contribution in [3.63, 3.8) is 0 Å². The van der Waals surface area contributed by atoms with E-state index in [0.29, 0.717) is 12.4 Å². The number of halogens is 1. The Kier molecular flexibility index (Phi) is 4.97. The van der Waals surface area contributed by atoms with Crippen molar-refractivity contribution >= 4 is 0 Å². The first-order valence-electron chi connectivity index (χ1n) is 7.14. The smallest absolute Gasteiger partial charge is 0.126 e. The van der Waals surface area contributed by atoms with Gasteiger partial charge in [0.1, 0.15) is 18.2 Å². The molecule has 21 heavy (non-hydrogen) atoms. The molecule has 0 spiro atoms. The summed E-state index contributed by atoms with van der Waals surface area (Å²) in [6, 6.07) is 14.4. The number of rotatable bonds is 5. The summed E-state index contributed by atoms with van der Waals surface area (Å²) in [4.78, 5) is 0. The Labute approximate surface area is 126 Å². The maximum Gasteiger partial charge on any atom is 0.126 e. The summed E-state index contributed by atoms with van der Waals surface area (Å²) >= 11 is 0. The fraction of sp³-hybridized carbons (Fsp3) is 0.333. The highest BCUT2D eigenvalue weighted by atomic mass is 19.1. The quantitative estimate of drug-likeness (QED) is 0.885. The summed E-state index contributed by atoms with van der Waals surface area (Å²) in [5.74, 6) is 0.267. The molecule has 0 atom stereocenters. The minimum absolute atomic E-state index is 0.0660. The summed E-state index contributed by atoms with van der Waals surface area (Å²) in [6.07, 6.45) is 0. The lowest BCUT2D eigenvalue weighted by Gasteiger charge is -2.21. The lowest BCUT2D eigenvalue weighted by atomic mass is 10.1. The van der Waals surface area contributed by atoms with Crippen molar-refractivity contribution in [2.75, 3.05) is 0 Å². The molecule has 0 fully saturated rings. The van der Waals surface area contributed by atoms with Crippen molar-refractivity contribution in [3.8, 4) is 5.75 Å². The fourth-order valence-electron chi connectivity index (χ4n) is 1.95. The van der Waals surface area contributed by atoms with E-state index in [0.717, 1.165) is 12.1 Å². The Balaban J connectivity index is 2.03. The first-order chi connectivity index (χ1) is 9.94. The Bertz CT molecular complexity index is 590. The molecule has 0 radical (unpaired) electrons. The molecule has 1 N–H and O–H groups in total. The van der Waals surface area contributed by atoms with Crippen LogP contribution in [-0.2, 0) is 13.2 Å². The average molecular weight is 287 g/mol. The van der Waals surface area contributed by atoms with E-state index in [1.165, 1.54) is 17.7 Å². The average Bonchev–Trinajstić information content (AvgIpc) is 2.43. The molecule has 112 valence electrons. The van der Waals surface area contributed by atoms with Crippen LogP contribution in [0.1, 0.15) is 31.9 Å². The Morgan fingerprint density at radius 2 is 1.71 bits per heavy atom. The van der Waals surface area contributed by atoms with Gasteiger partial charge in [0.15, 0.2) is 0 Å². The van der Waals surface area contributed by atoms with Crippen LogP contribution in [0, 0.1) is 5.82 Å². The van der Waals surface area contributed by atoms with Crippen LogP contribution < -0.4 is 10.1 Å². The molecule has 0 amide bonds. The number of benzene rings is 2. The second-order valence-corrected chi connectivity index (χ2v) is 6.12. The molecule has 0 saturated carbocycles. The zero-order valence-electron chi connectivity index (χ0n) is 12.8. The number of hydrogen-bond acceptors (Lipinski definition) is 2. The van der Waals surface area contributed by atoms with Crippen LogP contribution in [0.4, 0.5) is 4.39 Å². The van der Waals surface area contributed by atoms with E-state index in [4.69, 9.17) is 4.74 Å². The van der Waals surface area contributed by atoms with Gasteiger partial charge in [-0.25, -0.2) is 4.39 Å². The third-order valence-corrected chi connectivity index (χ3v) is 3.12. The Hall–Kier alpha value is -1.87. The second kappa shape index (κ2) is 6.72. The van der Waals surface area contributed by atoms with Crippen molar-refractivity contribution in [1.82, 2.24) is 5.32 Å². The predicted molar refractivity (Wildman–Crippen MR) is 83.8 cm³/mol. The van der Waals surface area contributed by atoms with Crippen molar-refractivity contribution in [2.24, 2.45) is 0 Å². The van der Waals surface area contributed by atoms with Crippen LogP contribution >= 0.6 is 0 Å². The van der Waals surface area contributed by atoms with Gasteiger partial charge in [-0.15, -0.1) is 0 Å². The zero-order chi connectivity index (χ0) is 15.3. The Morgan fingerprint density at radius 3 is 2.38 bits per heavy atom. The van der Waals surface area contributed by atoms with Crippen LogP contribution in [0.25, 0.3) is 0 Å². The molecular formula is C18H22FNO. The largest absolute Gasteiger partial charge is 0.489 e. The summed E-state index contributed by atoms with van der Waals surface area (Å²) in [5, 5.41) is 3.47. The van der Waals surface area contributed by atoms with Gasteiger partial charge in [-0.05, 0) is 44.0 Å². The molecule has 2 aromatic carbocycles. The van der Waals surface area contributed by atoms with Gasteiger partial charge >= 0.3 is 0 Å². The topological polar surface area (TPSA) is 21.3 Å². The van der Waals surface area contributed by atoms with Crippen molar-refractivity contribution in [3.05, 3.63) is 65.5 Å². The van der Waals surface area contributed by atoms with Gasteiger partial charge < -0.3 is 10.1 Å². The van der Waals surface area contributed by atoms with Gasteiger partial charge in [-0.1, -0.05) is 30.3 Å². The summed E-state index contributed by atoms with van der Waals surface area (Å²) in [5.41, 5.74) is 2.37. The maximum absolute atomic E-state index is 13.1. The summed E-state index contributed by atoms with van der Waals surface area (Å²) < 4.78 is 18.8. The molecule has 0 aliphatic rings. The van der Waals surface area contributed by atoms with Crippen molar-refractivity contribution in [2.45, 2.75) is 39.5 Å². The molecule has 0 saturated heterocycles. The lowest BCUT2D eigenvalue weighted by molar-refractivity contribution is 0.302. The predicted octanol–water partition coefficient (Wildman–Crippen LogP) is 4.29. The molecule has 0 aliphatic carbocycles. The van der Waals surface area contributed by atoms with Crippen LogP contribution in [0.15, 0.2) is 48.5 Å². The van der Waals surface area contributed by atoms with Gasteiger partial charge in [0.2, 0.25) is 0 Å². The highest BCUT2D eigenvalue weighted by Crippen LogP contribution is 2.16. The van der Waals surface area contributed by atoms with Crippen LogP contribution in [0.3, 0.4) is 0 Å². The highest BCUT2D eigenvalue weighted by molar-refractivity contribution is 5.28. The molecule has 0 unspecified atom stereocenters. The first-order valence-corrected chi connectivity index (χ1v) is 7.14. The van der Waals surface area contributed by atoms with E-state index < -0.39 is 0 Å². The standard InChI is InChI=1S/C18H22FNO/c1-18(2,3)20-12-14-7-4-5-8-15(14)13-21-17-10-6-9-16(19)11-17/h4-11,20H,12-13H2,1-3H3. The maximum atomic E-state index is 13.1. The normalized spacial score (nSPS) is 11.4.